The van der Waals surface area contributed by atoms with E-state index in [0.29, 0.717) is 13.1 Å². The van der Waals surface area contributed by atoms with Crippen LogP contribution in [0, 0.1) is 0 Å². The van der Waals surface area contributed by atoms with Gasteiger partial charge >= 0.3 is 7.82 Å². The van der Waals surface area contributed by atoms with E-state index in [4.69, 9.17) is 14.9 Å². The third kappa shape index (κ3) is 24.2. The predicted octanol–water partition coefficient (Wildman–Crippen LogP) is 5.65. The van der Waals surface area contributed by atoms with Crippen molar-refractivity contribution >= 4 is 7.82 Å². The van der Waals surface area contributed by atoms with Crippen molar-refractivity contribution in [2.24, 2.45) is 0 Å². The highest BCUT2D eigenvalue weighted by molar-refractivity contribution is 7.46. The second-order valence-electron chi connectivity index (χ2n) is 8.19. The van der Waals surface area contributed by atoms with Crippen LogP contribution in [0.2, 0.25) is 0 Å². The zero-order chi connectivity index (χ0) is 21.6. The highest BCUT2D eigenvalue weighted by atomic mass is 31.2. The molecule has 0 unspecified atom stereocenters. The number of hydrogen-bond acceptors (Lipinski definition) is 4. The average molecular weight is 438 g/mol. The largest absolute Gasteiger partial charge is 0.469 e. The molecular weight excluding hydrogens is 389 g/mol. The van der Waals surface area contributed by atoms with Crippen molar-refractivity contribution in [1.82, 2.24) is 4.90 Å². The van der Waals surface area contributed by atoms with Gasteiger partial charge in [0.25, 0.3) is 0 Å². The number of hydrogen-bond donors (Lipinski definition) is 3. The first-order chi connectivity index (χ1) is 14.0. The van der Waals surface area contributed by atoms with Crippen LogP contribution < -0.4 is 0 Å². The third-order valence-electron chi connectivity index (χ3n) is 5.41. The van der Waals surface area contributed by atoms with Crippen LogP contribution in [0.5, 0.6) is 0 Å². The summed E-state index contributed by atoms with van der Waals surface area (Å²) in [6, 6.07) is 0. The predicted molar refractivity (Wildman–Crippen MR) is 121 cm³/mol. The summed E-state index contributed by atoms with van der Waals surface area (Å²) in [5.74, 6) is 0. The fraction of sp³-hybridized carbons (Fsp3) is 1.00. The van der Waals surface area contributed by atoms with Gasteiger partial charge in [0.2, 0.25) is 0 Å². The van der Waals surface area contributed by atoms with E-state index in [2.05, 4.69) is 11.4 Å². The normalized spacial score (nSPS) is 12.2. The van der Waals surface area contributed by atoms with Gasteiger partial charge in [-0.15, -0.1) is 0 Å². The average Bonchev–Trinajstić information content (AvgIpc) is 2.66. The maximum absolute atomic E-state index is 10.7. The molecule has 0 saturated heterocycles. The third-order valence-corrected chi connectivity index (χ3v) is 5.93. The summed E-state index contributed by atoms with van der Waals surface area (Å²) in [5.41, 5.74) is 0. The maximum Gasteiger partial charge on any atom is 0.469 e. The molecule has 0 rings (SSSR count). The smallest absolute Gasteiger partial charge is 0.395 e. The molecule has 0 spiro atoms. The van der Waals surface area contributed by atoms with Gasteiger partial charge in [0.1, 0.15) is 0 Å². The van der Waals surface area contributed by atoms with Gasteiger partial charge in [-0.2, -0.15) is 0 Å². The minimum absolute atomic E-state index is 0.0108. The molecule has 0 fully saturated rings. The molecule has 0 saturated carbocycles. The van der Waals surface area contributed by atoms with Gasteiger partial charge in [0.05, 0.1) is 13.2 Å². The molecule has 0 aromatic rings. The van der Waals surface area contributed by atoms with E-state index in [1.54, 1.807) is 0 Å². The van der Waals surface area contributed by atoms with E-state index in [1.807, 2.05) is 4.90 Å². The number of phosphoric ester groups is 1. The lowest BCUT2D eigenvalue weighted by atomic mass is 10.0. The van der Waals surface area contributed by atoms with E-state index in [-0.39, 0.29) is 13.2 Å². The van der Waals surface area contributed by atoms with Crippen LogP contribution in [-0.2, 0) is 9.09 Å². The Morgan fingerprint density at radius 1 is 0.655 bits per heavy atom. The number of nitrogens with zero attached hydrogens (tertiary/aromatic N) is 1. The Morgan fingerprint density at radius 3 is 1.45 bits per heavy atom. The molecule has 0 aromatic carbocycles. The Hall–Kier alpha value is 0.0300. The minimum Gasteiger partial charge on any atom is -0.395 e. The molecule has 0 aliphatic carbocycles. The molecule has 7 heteroatoms. The van der Waals surface area contributed by atoms with Gasteiger partial charge in [0.15, 0.2) is 0 Å². The Balaban J connectivity index is 3.36. The number of unbranched alkanes of at least 4 members (excludes halogenated alkanes) is 15. The Morgan fingerprint density at radius 2 is 1.07 bits per heavy atom. The lowest BCUT2D eigenvalue weighted by molar-refractivity contribution is 0.142. The SMILES string of the molecule is CCCCCCCCCCCCCCCCCCN(CCO)CCOP(=O)(O)O. The van der Waals surface area contributed by atoms with Crippen molar-refractivity contribution < 1.29 is 24.0 Å². The number of aliphatic hydroxyl groups excluding tert-OH is 1. The fourth-order valence-electron chi connectivity index (χ4n) is 3.65. The summed E-state index contributed by atoms with van der Waals surface area (Å²) in [6.07, 6.45) is 21.4. The zero-order valence-corrected chi connectivity index (χ0v) is 19.8. The number of phosphoric acid groups is 1. The standard InChI is InChI=1S/C22H48NO5P/c1-2-3-4-5-6-7-8-9-10-11-12-13-14-15-16-17-18-23(19-21-24)20-22-28-29(25,26)27/h24H,2-22H2,1H3,(H2,25,26,27). The lowest BCUT2D eigenvalue weighted by Crippen LogP contribution is -2.31. The molecule has 0 bridgehead atoms. The van der Waals surface area contributed by atoms with Gasteiger partial charge in [-0.1, -0.05) is 103 Å². The summed E-state index contributed by atoms with van der Waals surface area (Å²) >= 11 is 0. The minimum atomic E-state index is -4.39. The first-order valence-electron chi connectivity index (χ1n) is 12.0. The van der Waals surface area contributed by atoms with Crippen molar-refractivity contribution in [3.63, 3.8) is 0 Å². The van der Waals surface area contributed by atoms with Gasteiger partial charge in [-0.05, 0) is 13.0 Å². The van der Waals surface area contributed by atoms with Crippen LogP contribution in [0.4, 0.5) is 0 Å². The van der Waals surface area contributed by atoms with Crippen LogP contribution >= 0.6 is 7.82 Å². The van der Waals surface area contributed by atoms with Crippen molar-refractivity contribution in [1.29, 1.82) is 0 Å². The molecular formula is C22H48NO5P. The highest BCUT2D eigenvalue weighted by Crippen LogP contribution is 2.35. The molecule has 0 aromatic heterocycles. The van der Waals surface area contributed by atoms with Crippen LogP contribution in [0.25, 0.3) is 0 Å². The molecule has 0 aliphatic heterocycles. The van der Waals surface area contributed by atoms with Crippen LogP contribution in [0.1, 0.15) is 110 Å². The summed E-state index contributed by atoms with van der Waals surface area (Å²) < 4.78 is 15.2. The van der Waals surface area contributed by atoms with E-state index in [9.17, 15) is 4.57 Å². The van der Waals surface area contributed by atoms with E-state index in [1.165, 1.54) is 96.3 Å². The van der Waals surface area contributed by atoms with Crippen LogP contribution in [0.15, 0.2) is 0 Å². The molecule has 176 valence electrons. The molecule has 6 nitrogen and oxygen atoms in total. The Labute approximate surface area is 179 Å². The van der Waals surface area contributed by atoms with Crippen LogP contribution in [-0.4, -0.2) is 52.6 Å². The first kappa shape index (κ1) is 29.0. The van der Waals surface area contributed by atoms with E-state index < -0.39 is 7.82 Å². The lowest BCUT2D eigenvalue weighted by Gasteiger charge is -2.21. The molecule has 3 N–H and O–H groups in total. The van der Waals surface area contributed by atoms with Gasteiger partial charge < -0.3 is 14.9 Å². The summed E-state index contributed by atoms with van der Waals surface area (Å²) in [4.78, 5) is 19.4. The van der Waals surface area contributed by atoms with E-state index in [0.717, 1.165) is 13.0 Å². The van der Waals surface area contributed by atoms with Crippen molar-refractivity contribution in [3.8, 4) is 0 Å². The summed E-state index contributed by atoms with van der Waals surface area (Å²) in [6.45, 7) is 4.10. The molecule has 0 aliphatic rings. The molecule has 0 atom stereocenters. The van der Waals surface area contributed by atoms with E-state index >= 15 is 0 Å². The number of rotatable bonds is 23. The highest BCUT2D eigenvalue weighted by Gasteiger charge is 2.14. The quantitative estimate of drug-likeness (QED) is 0.141. The molecule has 0 radical (unpaired) electrons. The topological polar surface area (TPSA) is 90.2 Å². The Bertz CT molecular complexity index is 378. The van der Waals surface area contributed by atoms with Crippen molar-refractivity contribution in [3.05, 3.63) is 0 Å². The number of aliphatic hydroxyl groups is 1. The zero-order valence-electron chi connectivity index (χ0n) is 18.9. The van der Waals surface area contributed by atoms with Gasteiger partial charge in [-0.3, -0.25) is 9.42 Å². The molecule has 0 heterocycles. The first-order valence-corrected chi connectivity index (χ1v) is 13.6. The molecule has 0 amide bonds. The van der Waals surface area contributed by atoms with Crippen molar-refractivity contribution in [2.45, 2.75) is 110 Å². The summed E-state index contributed by atoms with van der Waals surface area (Å²) in [7, 11) is -4.39. The van der Waals surface area contributed by atoms with Gasteiger partial charge in [0, 0.05) is 13.1 Å². The fourth-order valence-corrected chi connectivity index (χ4v) is 3.97. The van der Waals surface area contributed by atoms with Crippen molar-refractivity contribution in [2.75, 3.05) is 32.8 Å². The second kappa shape index (κ2) is 21.3. The second-order valence-corrected chi connectivity index (χ2v) is 9.43. The van der Waals surface area contributed by atoms with Gasteiger partial charge in [-0.25, -0.2) is 4.57 Å². The maximum atomic E-state index is 10.7. The monoisotopic (exact) mass is 437 g/mol. The summed E-state index contributed by atoms with van der Waals surface area (Å²) in [5, 5.41) is 9.09. The molecule has 29 heavy (non-hydrogen) atoms. The van der Waals surface area contributed by atoms with Crippen LogP contribution in [0.3, 0.4) is 0 Å². The Kier molecular flexibility index (Phi) is 21.3.